The predicted molar refractivity (Wildman–Crippen MR) is 128 cm³/mol. The number of benzene rings is 2. The van der Waals surface area contributed by atoms with Crippen LogP contribution in [0.25, 0.3) is 11.3 Å². The fourth-order valence-corrected chi connectivity index (χ4v) is 3.98. The lowest BCUT2D eigenvalue weighted by molar-refractivity contribution is -0.122. The first-order chi connectivity index (χ1) is 16.0. The highest BCUT2D eigenvalue weighted by atomic mass is 35.5. The number of halogens is 1. The van der Waals surface area contributed by atoms with Crippen LogP contribution in [0, 0.1) is 0 Å². The summed E-state index contributed by atoms with van der Waals surface area (Å²) in [5.41, 5.74) is 1.70. The number of nitrogens with zero attached hydrogens (tertiary/aromatic N) is 2. The zero-order valence-electron chi connectivity index (χ0n) is 18.3. The van der Waals surface area contributed by atoms with E-state index < -0.39 is 0 Å². The lowest BCUT2D eigenvalue weighted by atomic mass is 10.0. The number of oxazole rings is 1. The van der Waals surface area contributed by atoms with Gasteiger partial charge in [0.2, 0.25) is 11.8 Å². The van der Waals surface area contributed by atoms with Crippen molar-refractivity contribution in [2.24, 2.45) is 0 Å². The van der Waals surface area contributed by atoms with Gasteiger partial charge in [-0.1, -0.05) is 29.8 Å². The molecule has 1 fully saturated rings. The molecular weight excluding hydrogens is 440 g/mol. The molecule has 2 aromatic carbocycles. The van der Waals surface area contributed by atoms with Crippen molar-refractivity contribution in [3.63, 3.8) is 0 Å². The summed E-state index contributed by atoms with van der Waals surface area (Å²) in [5.74, 6) is 1.16. The van der Waals surface area contributed by atoms with Gasteiger partial charge >= 0.3 is 0 Å². The molecule has 0 bridgehead atoms. The first-order valence-electron chi connectivity index (χ1n) is 11.1. The highest BCUT2D eigenvalue weighted by molar-refractivity contribution is 6.30. The Morgan fingerprint density at radius 3 is 2.48 bits per heavy atom. The SMILES string of the molecule is O=C(CN1CCC(NC(=O)CCc2ncc(-c3ccc(Cl)cc3)o2)CC1)Nc1ccccc1. The van der Waals surface area contributed by atoms with Crippen LogP contribution in [0.2, 0.25) is 5.02 Å². The van der Waals surface area contributed by atoms with Crippen molar-refractivity contribution in [1.29, 1.82) is 0 Å². The molecule has 0 atom stereocenters. The number of carbonyl (C=O) groups excluding carboxylic acids is 2. The van der Waals surface area contributed by atoms with Crippen molar-refractivity contribution < 1.29 is 14.0 Å². The van der Waals surface area contributed by atoms with Gasteiger partial charge in [-0.25, -0.2) is 4.98 Å². The Bertz CT molecular complexity index is 1060. The minimum atomic E-state index is -0.0207. The summed E-state index contributed by atoms with van der Waals surface area (Å²) in [6, 6.07) is 16.9. The van der Waals surface area contributed by atoms with Gasteiger partial charge in [-0.3, -0.25) is 14.5 Å². The molecule has 3 aromatic rings. The minimum absolute atomic E-state index is 0.0125. The van der Waals surface area contributed by atoms with E-state index in [0.29, 0.717) is 36.1 Å². The average molecular weight is 467 g/mol. The van der Waals surface area contributed by atoms with E-state index in [1.54, 1.807) is 18.3 Å². The highest BCUT2D eigenvalue weighted by Gasteiger charge is 2.22. The molecule has 1 aromatic heterocycles. The third kappa shape index (κ3) is 6.91. The fourth-order valence-electron chi connectivity index (χ4n) is 3.85. The molecule has 1 aliphatic rings. The number of para-hydroxylation sites is 1. The number of aromatic nitrogens is 1. The molecule has 2 amide bonds. The van der Waals surface area contributed by atoms with Gasteiger partial charge in [-0.15, -0.1) is 0 Å². The van der Waals surface area contributed by atoms with E-state index in [1.165, 1.54) is 0 Å². The molecule has 2 N–H and O–H groups in total. The van der Waals surface area contributed by atoms with Gasteiger partial charge in [0, 0.05) is 48.2 Å². The second-order valence-electron chi connectivity index (χ2n) is 8.16. The normalized spacial score (nSPS) is 14.7. The Morgan fingerprint density at radius 2 is 1.76 bits per heavy atom. The van der Waals surface area contributed by atoms with Crippen molar-refractivity contribution in [2.45, 2.75) is 31.7 Å². The number of carbonyl (C=O) groups is 2. The van der Waals surface area contributed by atoms with E-state index >= 15 is 0 Å². The quantitative estimate of drug-likeness (QED) is 0.520. The maximum absolute atomic E-state index is 12.4. The number of amides is 2. The summed E-state index contributed by atoms with van der Waals surface area (Å²) in [7, 11) is 0. The third-order valence-electron chi connectivity index (χ3n) is 5.63. The molecular formula is C25H27ClN4O3. The first-order valence-corrected chi connectivity index (χ1v) is 11.5. The standard InChI is InChI=1S/C25H27ClN4O3/c26-19-8-6-18(7-9-19)22-16-27-25(33-22)11-10-23(31)28-21-12-14-30(15-13-21)17-24(32)29-20-4-2-1-3-5-20/h1-9,16,21H,10-15,17H2,(H,28,31)(H,29,32). The Labute approximate surface area is 198 Å². The van der Waals surface area contributed by atoms with Gasteiger partial charge in [-0.05, 0) is 49.2 Å². The van der Waals surface area contributed by atoms with Gasteiger partial charge in [-0.2, -0.15) is 0 Å². The second kappa shape index (κ2) is 11.1. The molecule has 0 saturated carbocycles. The van der Waals surface area contributed by atoms with Crippen molar-refractivity contribution in [3.05, 3.63) is 71.7 Å². The Hall–Kier alpha value is -3.16. The number of likely N-dealkylation sites (tertiary alicyclic amines) is 1. The van der Waals surface area contributed by atoms with Crippen LogP contribution in [0.5, 0.6) is 0 Å². The number of hydrogen-bond acceptors (Lipinski definition) is 5. The molecule has 0 aliphatic carbocycles. The molecule has 4 rings (SSSR count). The van der Waals surface area contributed by atoms with Crippen LogP contribution < -0.4 is 10.6 Å². The molecule has 8 heteroatoms. The lowest BCUT2D eigenvalue weighted by Crippen LogP contribution is -2.46. The molecule has 7 nitrogen and oxygen atoms in total. The van der Waals surface area contributed by atoms with Crippen LogP contribution >= 0.6 is 11.6 Å². The zero-order valence-corrected chi connectivity index (χ0v) is 19.1. The van der Waals surface area contributed by atoms with Gasteiger partial charge in [0.05, 0.1) is 12.7 Å². The minimum Gasteiger partial charge on any atom is -0.441 e. The summed E-state index contributed by atoms with van der Waals surface area (Å²) in [6.07, 6.45) is 4.08. The Morgan fingerprint density at radius 1 is 1.03 bits per heavy atom. The largest absolute Gasteiger partial charge is 0.441 e. The van der Waals surface area contributed by atoms with Gasteiger partial charge < -0.3 is 15.1 Å². The van der Waals surface area contributed by atoms with Crippen LogP contribution in [0.15, 0.2) is 65.2 Å². The van der Waals surface area contributed by atoms with Crippen molar-refractivity contribution in [1.82, 2.24) is 15.2 Å². The number of piperidine rings is 1. The Kier molecular flexibility index (Phi) is 7.75. The third-order valence-corrected chi connectivity index (χ3v) is 5.88. The molecule has 0 radical (unpaired) electrons. The molecule has 2 heterocycles. The number of aryl methyl sites for hydroxylation is 1. The van der Waals surface area contributed by atoms with E-state index in [9.17, 15) is 9.59 Å². The molecule has 0 spiro atoms. The smallest absolute Gasteiger partial charge is 0.238 e. The van der Waals surface area contributed by atoms with E-state index in [-0.39, 0.29) is 17.9 Å². The van der Waals surface area contributed by atoms with Crippen LogP contribution in [0.3, 0.4) is 0 Å². The molecule has 1 aliphatic heterocycles. The number of nitrogens with one attached hydrogen (secondary N) is 2. The average Bonchev–Trinajstić information content (AvgIpc) is 3.29. The first kappa shape index (κ1) is 23.0. The van der Waals surface area contributed by atoms with Crippen molar-refractivity contribution in [3.8, 4) is 11.3 Å². The Balaban J connectivity index is 1.15. The van der Waals surface area contributed by atoms with Crippen LogP contribution in [-0.2, 0) is 16.0 Å². The van der Waals surface area contributed by atoms with Crippen LogP contribution in [-0.4, -0.2) is 47.4 Å². The summed E-state index contributed by atoms with van der Waals surface area (Å²) < 4.78 is 5.76. The number of rotatable bonds is 8. The molecule has 33 heavy (non-hydrogen) atoms. The van der Waals surface area contributed by atoms with E-state index in [0.717, 1.165) is 37.2 Å². The number of hydrogen-bond donors (Lipinski definition) is 2. The van der Waals surface area contributed by atoms with Crippen LogP contribution in [0.4, 0.5) is 5.69 Å². The van der Waals surface area contributed by atoms with E-state index in [4.69, 9.17) is 16.0 Å². The maximum Gasteiger partial charge on any atom is 0.238 e. The van der Waals surface area contributed by atoms with Crippen LogP contribution in [0.1, 0.15) is 25.2 Å². The topological polar surface area (TPSA) is 87.5 Å². The summed E-state index contributed by atoms with van der Waals surface area (Å²) in [4.78, 5) is 31.0. The monoisotopic (exact) mass is 466 g/mol. The lowest BCUT2D eigenvalue weighted by Gasteiger charge is -2.31. The molecule has 1 saturated heterocycles. The van der Waals surface area contributed by atoms with Gasteiger partial charge in [0.15, 0.2) is 11.7 Å². The zero-order chi connectivity index (χ0) is 23.0. The molecule has 0 unspecified atom stereocenters. The highest BCUT2D eigenvalue weighted by Crippen LogP contribution is 2.22. The summed E-state index contributed by atoms with van der Waals surface area (Å²) in [5, 5.41) is 6.67. The van der Waals surface area contributed by atoms with Crippen molar-refractivity contribution >= 4 is 29.1 Å². The van der Waals surface area contributed by atoms with E-state index in [2.05, 4.69) is 20.5 Å². The van der Waals surface area contributed by atoms with Gasteiger partial charge in [0.1, 0.15) is 0 Å². The van der Waals surface area contributed by atoms with Gasteiger partial charge in [0.25, 0.3) is 0 Å². The molecule has 172 valence electrons. The summed E-state index contributed by atoms with van der Waals surface area (Å²) in [6.45, 7) is 1.91. The second-order valence-corrected chi connectivity index (χ2v) is 8.59. The van der Waals surface area contributed by atoms with E-state index in [1.807, 2.05) is 42.5 Å². The summed E-state index contributed by atoms with van der Waals surface area (Å²) >= 11 is 5.92. The predicted octanol–water partition coefficient (Wildman–Crippen LogP) is 4.15. The number of anilines is 1. The fraction of sp³-hybridized carbons (Fsp3) is 0.320. The van der Waals surface area contributed by atoms with Crippen molar-refractivity contribution in [2.75, 3.05) is 25.0 Å². The maximum atomic E-state index is 12.4.